The summed E-state index contributed by atoms with van der Waals surface area (Å²) in [5.74, 6) is 0.210. The van der Waals surface area contributed by atoms with Crippen LogP contribution in [-0.2, 0) is 0 Å². The van der Waals surface area contributed by atoms with Crippen LogP contribution in [0.15, 0.2) is 40.7 Å². The van der Waals surface area contributed by atoms with Crippen LogP contribution in [0.5, 0.6) is 11.6 Å². The van der Waals surface area contributed by atoms with Gasteiger partial charge in [0.25, 0.3) is 5.56 Å². The fraction of sp³-hybridized carbons (Fsp3) is 0.278. The van der Waals surface area contributed by atoms with Crippen molar-refractivity contribution in [2.45, 2.75) is 33.3 Å². The molecule has 124 valence electrons. The molecule has 3 rings (SSSR count). The summed E-state index contributed by atoms with van der Waals surface area (Å²) in [7, 11) is 0. The van der Waals surface area contributed by atoms with Gasteiger partial charge in [-0.1, -0.05) is 0 Å². The number of nitrogens with zero attached hydrogens (tertiary/aromatic N) is 2. The van der Waals surface area contributed by atoms with Crippen LogP contribution >= 0.6 is 0 Å². The van der Waals surface area contributed by atoms with E-state index in [2.05, 4.69) is 5.10 Å². The van der Waals surface area contributed by atoms with Crippen LogP contribution in [-0.4, -0.2) is 26.3 Å². The van der Waals surface area contributed by atoms with Gasteiger partial charge in [-0.15, -0.1) is 5.10 Å². The van der Waals surface area contributed by atoms with Crippen molar-refractivity contribution in [3.8, 4) is 11.6 Å². The van der Waals surface area contributed by atoms with Gasteiger partial charge in [0.05, 0.1) is 5.70 Å². The van der Waals surface area contributed by atoms with Crippen molar-refractivity contribution in [2.75, 3.05) is 0 Å². The molecule has 24 heavy (non-hydrogen) atoms. The standard InChI is InChI=1S/C18H18N2O4/c1-10-17(20-16(23)8-7-15(22)19-20)13-9-12(11(2)21)5-6-14(13)24-18(10,3)4/h5-9H,1-4H3,(H,19,22). The SMILES string of the molecule is CC(=O)c1ccc2c(c1)C(n1nc(O)ccc1=O)=C(C)C(C)(C)O2. The lowest BCUT2D eigenvalue weighted by Gasteiger charge is -2.35. The summed E-state index contributed by atoms with van der Waals surface area (Å²) in [5.41, 5.74) is 1.36. The molecular formula is C18H18N2O4. The molecule has 0 bridgehead atoms. The Kier molecular flexibility index (Phi) is 3.55. The third-order valence-corrected chi connectivity index (χ3v) is 4.26. The second-order valence-corrected chi connectivity index (χ2v) is 6.29. The Morgan fingerprint density at radius 2 is 1.96 bits per heavy atom. The van der Waals surface area contributed by atoms with Crippen molar-refractivity contribution in [3.63, 3.8) is 0 Å². The Hall–Kier alpha value is -2.89. The molecule has 0 atom stereocenters. The Labute approximate surface area is 139 Å². The summed E-state index contributed by atoms with van der Waals surface area (Å²) in [6.07, 6.45) is 0. The van der Waals surface area contributed by atoms with E-state index >= 15 is 0 Å². The van der Waals surface area contributed by atoms with Crippen molar-refractivity contribution >= 4 is 11.5 Å². The fourth-order valence-corrected chi connectivity index (χ4v) is 2.70. The van der Waals surface area contributed by atoms with Crippen LogP contribution in [0.25, 0.3) is 5.70 Å². The first-order valence-corrected chi connectivity index (χ1v) is 7.56. The van der Waals surface area contributed by atoms with E-state index in [-0.39, 0.29) is 17.2 Å². The molecule has 1 aromatic heterocycles. The number of carbonyl (C=O) groups is 1. The third-order valence-electron chi connectivity index (χ3n) is 4.26. The number of fused-ring (bicyclic) bond motifs is 1. The molecule has 2 heterocycles. The molecule has 0 amide bonds. The molecule has 0 aliphatic carbocycles. The number of ketones is 1. The first-order valence-electron chi connectivity index (χ1n) is 7.56. The minimum absolute atomic E-state index is 0.0872. The number of hydrogen-bond acceptors (Lipinski definition) is 5. The molecule has 6 heteroatoms. The number of hydrogen-bond donors (Lipinski definition) is 1. The monoisotopic (exact) mass is 326 g/mol. The van der Waals surface area contributed by atoms with Gasteiger partial charge in [0.1, 0.15) is 11.4 Å². The minimum Gasteiger partial charge on any atom is -0.492 e. The van der Waals surface area contributed by atoms with Crippen molar-refractivity contribution in [3.05, 3.63) is 57.4 Å². The Bertz CT molecular complexity index is 938. The predicted octanol–water partition coefficient (Wildman–Crippen LogP) is 2.60. The molecule has 0 saturated carbocycles. The van der Waals surface area contributed by atoms with Crippen LogP contribution in [0.2, 0.25) is 0 Å². The Morgan fingerprint density at radius 1 is 1.25 bits per heavy atom. The molecule has 2 aromatic rings. The summed E-state index contributed by atoms with van der Waals surface area (Å²) in [5, 5.41) is 13.6. The maximum atomic E-state index is 12.3. The van der Waals surface area contributed by atoms with Gasteiger partial charge in [-0.25, -0.2) is 0 Å². The molecule has 0 saturated heterocycles. The van der Waals surface area contributed by atoms with Crippen LogP contribution in [0.4, 0.5) is 0 Å². The number of benzene rings is 1. The van der Waals surface area contributed by atoms with Crippen molar-refractivity contribution in [1.82, 2.24) is 9.78 Å². The molecular weight excluding hydrogens is 308 g/mol. The number of rotatable bonds is 2. The zero-order valence-electron chi connectivity index (χ0n) is 14.0. The molecule has 0 spiro atoms. The van der Waals surface area contributed by atoms with E-state index in [0.717, 1.165) is 10.3 Å². The van der Waals surface area contributed by atoms with Gasteiger partial charge in [-0.2, -0.15) is 4.68 Å². The molecule has 0 fully saturated rings. The minimum atomic E-state index is -0.660. The number of carbonyl (C=O) groups excluding carboxylic acids is 1. The summed E-state index contributed by atoms with van der Waals surface area (Å²) >= 11 is 0. The number of Topliss-reactive ketones (excluding diaryl/α,β-unsaturated/α-hetero) is 1. The van der Waals surface area contributed by atoms with Crippen LogP contribution < -0.4 is 10.3 Å². The average Bonchev–Trinajstić information content (AvgIpc) is 2.50. The summed E-state index contributed by atoms with van der Waals surface area (Å²) in [4.78, 5) is 24.0. The highest BCUT2D eigenvalue weighted by Gasteiger charge is 2.34. The van der Waals surface area contributed by atoms with Gasteiger partial charge in [0, 0.05) is 23.3 Å². The second-order valence-electron chi connectivity index (χ2n) is 6.29. The third kappa shape index (κ3) is 2.50. The molecule has 1 N–H and O–H groups in total. The first-order chi connectivity index (χ1) is 11.2. The van der Waals surface area contributed by atoms with E-state index in [1.165, 1.54) is 19.1 Å². The smallest absolute Gasteiger partial charge is 0.271 e. The lowest BCUT2D eigenvalue weighted by molar-refractivity contribution is 0.101. The van der Waals surface area contributed by atoms with Gasteiger partial charge < -0.3 is 9.84 Å². The van der Waals surface area contributed by atoms with Gasteiger partial charge in [0.2, 0.25) is 5.88 Å². The predicted molar refractivity (Wildman–Crippen MR) is 89.3 cm³/mol. The van der Waals surface area contributed by atoms with E-state index in [4.69, 9.17) is 4.74 Å². The summed E-state index contributed by atoms with van der Waals surface area (Å²) in [6, 6.07) is 7.58. The summed E-state index contributed by atoms with van der Waals surface area (Å²) in [6.45, 7) is 7.09. The zero-order valence-corrected chi connectivity index (χ0v) is 14.0. The molecule has 1 aromatic carbocycles. The molecule has 0 unspecified atom stereocenters. The Balaban J connectivity index is 2.37. The van der Waals surface area contributed by atoms with Crippen LogP contribution in [0, 0.1) is 0 Å². The van der Waals surface area contributed by atoms with Crippen LogP contribution in [0.3, 0.4) is 0 Å². The van der Waals surface area contributed by atoms with Crippen molar-refractivity contribution < 1.29 is 14.6 Å². The highest BCUT2D eigenvalue weighted by atomic mass is 16.5. The highest BCUT2D eigenvalue weighted by Crippen LogP contribution is 2.41. The summed E-state index contributed by atoms with van der Waals surface area (Å²) < 4.78 is 7.16. The number of aromatic nitrogens is 2. The molecule has 1 aliphatic heterocycles. The first kappa shape index (κ1) is 16.0. The Morgan fingerprint density at radius 3 is 2.62 bits per heavy atom. The van der Waals surface area contributed by atoms with Crippen LogP contribution in [0.1, 0.15) is 43.6 Å². The number of aromatic hydroxyl groups is 1. The van der Waals surface area contributed by atoms with Gasteiger partial charge >= 0.3 is 0 Å². The van der Waals surface area contributed by atoms with Gasteiger partial charge in [0.15, 0.2) is 5.78 Å². The molecule has 0 radical (unpaired) electrons. The fourth-order valence-electron chi connectivity index (χ4n) is 2.70. The quantitative estimate of drug-likeness (QED) is 0.858. The lowest BCUT2D eigenvalue weighted by Crippen LogP contribution is -2.37. The van der Waals surface area contributed by atoms with Gasteiger partial charge in [-0.3, -0.25) is 9.59 Å². The van der Waals surface area contributed by atoms with E-state index in [1.807, 2.05) is 20.8 Å². The van der Waals surface area contributed by atoms with Crippen molar-refractivity contribution in [2.24, 2.45) is 0 Å². The van der Waals surface area contributed by atoms with E-state index < -0.39 is 5.60 Å². The maximum Gasteiger partial charge on any atom is 0.271 e. The topological polar surface area (TPSA) is 81.4 Å². The lowest BCUT2D eigenvalue weighted by atomic mass is 9.90. The highest BCUT2D eigenvalue weighted by molar-refractivity contribution is 5.95. The normalized spacial score (nSPS) is 15.7. The zero-order chi connectivity index (χ0) is 17.6. The molecule has 1 aliphatic rings. The second kappa shape index (κ2) is 5.33. The van der Waals surface area contributed by atoms with Crippen molar-refractivity contribution in [1.29, 1.82) is 0 Å². The van der Waals surface area contributed by atoms with E-state index in [9.17, 15) is 14.7 Å². The maximum absolute atomic E-state index is 12.3. The number of ether oxygens (including phenoxy) is 1. The van der Waals surface area contributed by atoms with E-state index in [0.29, 0.717) is 22.6 Å². The average molecular weight is 326 g/mol. The largest absolute Gasteiger partial charge is 0.492 e. The molecule has 6 nitrogen and oxygen atoms in total. The van der Waals surface area contributed by atoms with Gasteiger partial charge in [-0.05, 0) is 51.5 Å². The van der Waals surface area contributed by atoms with E-state index in [1.54, 1.807) is 18.2 Å².